The number of hydrogen-bond donors (Lipinski definition) is 1. The van der Waals surface area contributed by atoms with E-state index in [2.05, 4.69) is 15.5 Å². The lowest BCUT2D eigenvalue weighted by Crippen LogP contribution is -2.54. The second-order valence-electron chi connectivity index (χ2n) is 10.8. The molecule has 2 amide bonds. The zero-order chi connectivity index (χ0) is 30.0. The molecular weight excluding hydrogens is 546 g/mol. The summed E-state index contributed by atoms with van der Waals surface area (Å²) in [7, 11) is 1.68. The summed E-state index contributed by atoms with van der Waals surface area (Å²) in [6, 6.07) is 11.0. The Hall–Kier alpha value is -4.16. The third-order valence-corrected chi connectivity index (χ3v) is 6.40. The molecule has 2 aromatic carbocycles. The molecule has 0 radical (unpaired) electrons. The summed E-state index contributed by atoms with van der Waals surface area (Å²) in [6.07, 6.45) is -4.86. The van der Waals surface area contributed by atoms with Gasteiger partial charge in [-0.25, -0.2) is 9.18 Å². The predicted molar refractivity (Wildman–Crippen MR) is 142 cm³/mol. The van der Waals surface area contributed by atoms with Gasteiger partial charge in [-0.3, -0.25) is 4.79 Å². The lowest BCUT2D eigenvalue weighted by Gasteiger charge is -2.37. The molecule has 1 aliphatic heterocycles. The van der Waals surface area contributed by atoms with Gasteiger partial charge in [0.2, 0.25) is 5.67 Å². The first-order chi connectivity index (χ1) is 19.1. The third kappa shape index (κ3) is 7.33. The van der Waals surface area contributed by atoms with Crippen LogP contribution in [0.4, 0.5) is 28.0 Å². The van der Waals surface area contributed by atoms with Crippen molar-refractivity contribution >= 4 is 17.7 Å². The van der Waals surface area contributed by atoms with Crippen LogP contribution in [-0.4, -0.2) is 56.0 Å². The molecule has 1 aromatic heterocycles. The van der Waals surface area contributed by atoms with Crippen LogP contribution in [0.25, 0.3) is 11.4 Å². The van der Waals surface area contributed by atoms with Crippen LogP contribution >= 0.6 is 0 Å². The van der Waals surface area contributed by atoms with E-state index >= 15 is 4.39 Å². The van der Waals surface area contributed by atoms with Crippen molar-refractivity contribution in [3.05, 3.63) is 59.9 Å². The molecule has 0 aliphatic carbocycles. The normalized spacial score (nSPS) is 17.7. The quantitative estimate of drug-likeness (QED) is 0.374. The number of benzene rings is 2. The van der Waals surface area contributed by atoms with Crippen LogP contribution in [0.3, 0.4) is 0 Å². The molecule has 0 bridgehead atoms. The Balaban J connectivity index is 1.38. The number of nitrogens with zero attached hydrogens (tertiary/aromatic N) is 4. The van der Waals surface area contributed by atoms with Crippen molar-refractivity contribution < 1.29 is 36.6 Å². The smallest absolute Gasteiger partial charge is 0.416 e. The highest BCUT2D eigenvalue weighted by Gasteiger charge is 2.45. The molecule has 0 saturated carbocycles. The molecular formula is C28H31F4N5O4. The third-order valence-electron chi connectivity index (χ3n) is 6.40. The lowest BCUT2D eigenvalue weighted by atomic mass is 9.93. The van der Waals surface area contributed by atoms with Gasteiger partial charge in [-0.2, -0.15) is 13.2 Å². The molecule has 9 nitrogen and oxygen atoms in total. The van der Waals surface area contributed by atoms with E-state index in [0.717, 1.165) is 12.1 Å². The van der Waals surface area contributed by atoms with Gasteiger partial charge in [0, 0.05) is 24.8 Å². The van der Waals surface area contributed by atoms with Crippen molar-refractivity contribution in [2.75, 3.05) is 18.4 Å². The summed E-state index contributed by atoms with van der Waals surface area (Å²) in [5.74, 6) is 0.0160. The molecule has 3 aromatic rings. The fourth-order valence-corrected chi connectivity index (χ4v) is 4.27. The number of aromatic nitrogens is 3. The van der Waals surface area contributed by atoms with Crippen molar-refractivity contribution in [2.45, 2.75) is 57.7 Å². The van der Waals surface area contributed by atoms with Crippen molar-refractivity contribution in [3.63, 3.8) is 0 Å². The molecule has 1 fully saturated rings. The van der Waals surface area contributed by atoms with Crippen LogP contribution in [0.2, 0.25) is 0 Å². The molecule has 13 heteroatoms. The highest BCUT2D eigenvalue weighted by Crippen LogP contribution is 2.32. The zero-order valence-corrected chi connectivity index (χ0v) is 23.1. The number of ether oxygens (including phenoxy) is 2. The molecule has 1 atom stereocenters. The van der Waals surface area contributed by atoms with Crippen LogP contribution < -0.4 is 10.1 Å². The Bertz CT molecular complexity index is 1400. The van der Waals surface area contributed by atoms with E-state index in [1.807, 2.05) is 0 Å². The first-order valence-electron chi connectivity index (χ1n) is 12.9. The average molecular weight is 578 g/mol. The topological polar surface area (TPSA) is 98.6 Å². The summed E-state index contributed by atoms with van der Waals surface area (Å²) in [6.45, 7) is 4.92. The van der Waals surface area contributed by atoms with Gasteiger partial charge in [0.15, 0.2) is 11.6 Å². The van der Waals surface area contributed by atoms with Crippen molar-refractivity contribution in [2.24, 2.45) is 7.05 Å². The number of alkyl halides is 4. The second kappa shape index (κ2) is 11.4. The molecule has 2 heterocycles. The van der Waals surface area contributed by atoms with E-state index in [-0.39, 0.29) is 18.8 Å². The fraction of sp³-hybridized carbons (Fsp3) is 0.429. The molecule has 220 valence electrons. The Kier molecular flexibility index (Phi) is 8.27. The number of piperidine rings is 1. The molecule has 1 aliphatic rings. The Morgan fingerprint density at radius 3 is 2.44 bits per heavy atom. The van der Waals surface area contributed by atoms with E-state index in [1.54, 1.807) is 56.7 Å². The molecule has 1 N–H and O–H groups in total. The molecule has 0 spiro atoms. The number of likely N-dealkylation sites (tertiary alicyclic amines) is 1. The van der Waals surface area contributed by atoms with E-state index in [4.69, 9.17) is 9.47 Å². The lowest BCUT2D eigenvalue weighted by molar-refractivity contribution is -0.137. The Morgan fingerprint density at radius 2 is 1.78 bits per heavy atom. The van der Waals surface area contributed by atoms with Gasteiger partial charge in [0.05, 0.1) is 12.1 Å². The van der Waals surface area contributed by atoms with E-state index in [0.29, 0.717) is 35.9 Å². The highest BCUT2D eigenvalue weighted by molar-refractivity contribution is 5.98. The number of nitrogens with one attached hydrogen (secondary N) is 1. The van der Waals surface area contributed by atoms with Gasteiger partial charge in [-0.1, -0.05) is 6.07 Å². The van der Waals surface area contributed by atoms with Gasteiger partial charge in [0.1, 0.15) is 18.0 Å². The molecule has 1 saturated heterocycles. The highest BCUT2D eigenvalue weighted by atomic mass is 19.4. The number of amides is 2. The number of halogens is 4. The van der Waals surface area contributed by atoms with Gasteiger partial charge >= 0.3 is 12.3 Å². The van der Waals surface area contributed by atoms with Gasteiger partial charge in [-0.05, 0) is 76.1 Å². The standard InChI is InChI=1S/C28H31F4N5O4/c1-26(2,3)41-25(39)37-14-6-13-27(29,17-37)24(38)33-20-11-9-18(10-12-20)23-35-34-22(36(23)4)16-40-21-8-5-7-19(15-21)28(30,31)32/h5,7-12,15H,6,13-14,16-17H2,1-4H3,(H,33,38). The first-order valence-corrected chi connectivity index (χ1v) is 12.9. The maximum atomic E-state index is 15.6. The second-order valence-corrected chi connectivity index (χ2v) is 10.8. The van der Waals surface area contributed by atoms with E-state index < -0.39 is 41.6 Å². The van der Waals surface area contributed by atoms with Crippen LogP contribution in [0.5, 0.6) is 5.75 Å². The maximum absolute atomic E-state index is 15.6. The van der Waals surface area contributed by atoms with Crippen LogP contribution in [-0.2, 0) is 29.4 Å². The van der Waals surface area contributed by atoms with Crippen molar-refractivity contribution in [1.82, 2.24) is 19.7 Å². The number of anilines is 1. The SMILES string of the molecule is Cn1c(COc2cccc(C(F)(F)F)c2)nnc1-c1ccc(NC(=O)C2(F)CCCN(C(=O)OC(C)(C)C)C2)cc1. The monoisotopic (exact) mass is 577 g/mol. The van der Waals surface area contributed by atoms with E-state index in [1.165, 1.54) is 17.0 Å². The predicted octanol–water partition coefficient (Wildman–Crippen LogP) is 5.76. The largest absolute Gasteiger partial charge is 0.486 e. The molecule has 4 rings (SSSR count). The van der Waals surface area contributed by atoms with Crippen molar-refractivity contribution in [3.8, 4) is 17.1 Å². The minimum Gasteiger partial charge on any atom is -0.486 e. The minimum atomic E-state index is -4.48. The summed E-state index contributed by atoms with van der Waals surface area (Å²) < 4.78 is 66.9. The fourth-order valence-electron chi connectivity index (χ4n) is 4.27. The Labute approximate surface area is 234 Å². The summed E-state index contributed by atoms with van der Waals surface area (Å²) in [5.41, 5.74) is -2.85. The van der Waals surface area contributed by atoms with Crippen LogP contribution in [0.1, 0.15) is 45.0 Å². The summed E-state index contributed by atoms with van der Waals surface area (Å²) in [5, 5.41) is 10.8. The summed E-state index contributed by atoms with van der Waals surface area (Å²) >= 11 is 0. The van der Waals surface area contributed by atoms with E-state index in [9.17, 15) is 22.8 Å². The van der Waals surface area contributed by atoms with Crippen LogP contribution in [0, 0.1) is 0 Å². The number of carbonyl (C=O) groups is 2. The first kappa shape index (κ1) is 29.8. The maximum Gasteiger partial charge on any atom is 0.416 e. The van der Waals surface area contributed by atoms with Gasteiger partial charge in [-0.15, -0.1) is 10.2 Å². The zero-order valence-electron chi connectivity index (χ0n) is 23.1. The number of rotatable bonds is 6. The summed E-state index contributed by atoms with van der Waals surface area (Å²) in [4.78, 5) is 26.5. The Morgan fingerprint density at radius 1 is 1.07 bits per heavy atom. The van der Waals surface area contributed by atoms with Gasteiger partial charge < -0.3 is 24.3 Å². The minimum absolute atomic E-state index is 0.0273. The average Bonchev–Trinajstić information content (AvgIpc) is 3.26. The van der Waals surface area contributed by atoms with Crippen LogP contribution in [0.15, 0.2) is 48.5 Å². The molecule has 1 unspecified atom stereocenters. The van der Waals surface area contributed by atoms with Crippen molar-refractivity contribution in [1.29, 1.82) is 0 Å². The number of carbonyl (C=O) groups excluding carboxylic acids is 2. The van der Waals surface area contributed by atoms with Gasteiger partial charge in [0.25, 0.3) is 5.91 Å². The molecule has 41 heavy (non-hydrogen) atoms. The number of hydrogen-bond acceptors (Lipinski definition) is 6.